The number of nitrogens with zero attached hydrogens (tertiary/aromatic N) is 2. The highest BCUT2D eigenvalue weighted by Crippen LogP contribution is 2.43. The number of carbonyl (C=O) groups is 1. The van der Waals surface area contributed by atoms with Crippen molar-refractivity contribution in [2.75, 3.05) is 26.2 Å². The molecule has 0 amide bonds. The molecule has 0 unspecified atom stereocenters. The molecule has 0 radical (unpaired) electrons. The van der Waals surface area contributed by atoms with Gasteiger partial charge in [-0.15, -0.1) is 0 Å². The first kappa shape index (κ1) is 29.5. The number of rotatable bonds is 8. The van der Waals surface area contributed by atoms with E-state index in [4.69, 9.17) is 9.16 Å². The zero-order valence-electron chi connectivity index (χ0n) is 26.2. The summed E-state index contributed by atoms with van der Waals surface area (Å²) in [4.78, 5) is 16.8. The third kappa shape index (κ3) is 5.85. The zero-order chi connectivity index (χ0) is 30.4. The summed E-state index contributed by atoms with van der Waals surface area (Å²) in [5.41, 5.74) is 5.18. The third-order valence-corrected chi connectivity index (χ3v) is 14.0. The number of phenolic OH excluding ortho intramolecular Hbond substituents is 1. The van der Waals surface area contributed by atoms with E-state index in [1.54, 1.807) is 12.1 Å². The molecule has 226 valence electrons. The molecule has 0 aliphatic carbocycles. The smallest absolute Gasteiger partial charge is 0.250 e. The monoisotopic (exact) mass is 596 g/mol. The predicted octanol–water partition coefficient (Wildman–Crippen LogP) is 8.05. The Bertz CT molecular complexity index is 1640. The summed E-state index contributed by atoms with van der Waals surface area (Å²) in [6.45, 7) is 15.8. The lowest BCUT2D eigenvalue weighted by molar-refractivity contribution is 0.104. The minimum atomic E-state index is -2.05. The average molecular weight is 597 g/mol. The summed E-state index contributed by atoms with van der Waals surface area (Å²) >= 11 is 0. The SMILES string of the molecule is CC(C)(C)[Si](C)(C)Oc1ccc2c(C(=O)c3ccc(OCCN4CCCCC4)cc3)c3n(c2c1)CCc1ccc(O)cc1-3. The molecule has 2 aliphatic rings. The second kappa shape index (κ2) is 11.5. The normalized spacial score (nSPS) is 15.7. The van der Waals surface area contributed by atoms with Crippen molar-refractivity contribution in [2.45, 2.75) is 71.1 Å². The molecule has 0 bridgehead atoms. The van der Waals surface area contributed by atoms with Crippen LogP contribution in [0.4, 0.5) is 0 Å². The average Bonchev–Trinajstić information content (AvgIpc) is 3.31. The van der Waals surface area contributed by atoms with Gasteiger partial charge in [-0.05, 0) is 105 Å². The van der Waals surface area contributed by atoms with E-state index >= 15 is 0 Å². The Morgan fingerprint density at radius 3 is 2.35 bits per heavy atom. The van der Waals surface area contributed by atoms with Crippen molar-refractivity contribution >= 4 is 25.0 Å². The molecule has 3 heterocycles. The van der Waals surface area contributed by atoms with E-state index in [0.717, 1.165) is 71.8 Å². The number of likely N-dealkylation sites (tertiary alicyclic amines) is 1. The molecule has 1 fully saturated rings. The number of piperidine rings is 1. The molecule has 1 aromatic heterocycles. The van der Waals surface area contributed by atoms with Crippen molar-refractivity contribution in [3.8, 4) is 28.5 Å². The van der Waals surface area contributed by atoms with E-state index in [-0.39, 0.29) is 16.6 Å². The molecule has 0 saturated carbocycles. The number of phenols is 1. The summed E-state index contributed by atoms with van der Waals surface area (Å²) in [6, 6.07) is 19.2. The number of hydrogen-bond acceptors (Lipinski definition) is 5. The number of ketones is 1. The van der Waals surface area contributed by atoms with Gasteiger partial charge in [0.05, 0.1) is 16.8 Å². The van der Waals surface area contributed by atoms with E-state index in [2.05, 4.69) is 49.4 Å². The first-order chi connectivity index (χ1) is 20.5. The van der Waals surface area contributed by atoms with Gasteiger partial charge in [-0.2, -0.15) is 0 Å². The molecule has 43 heavy (non-hydrogen) atoms. The topological polar surface area (TPSA) is 63.9 Å². The van der Waals surface area contributed by atoms with Crippen molar-refractivity contribution < 1.29 is 19.1 Å². The molecule has 6 rings (SSSR count). The van der Waals surface area contributed by atoms with Crippen molar-refractivity contribution in [2.24, 2.45) is 0 Å². The zero-order valence-corrected chi connectivity index (χ0v) is 27.2. The number of carbonyl (C=O) groups excluding carboxylic acids is 1. The van der Waals surface area contributed by atoms with Gasteiger partial charge in [0.15, 0.2) is 5.78 Å². The highest BCUT2D eigenvalue weighted by Gasteiger charge is 2.39. The van der Waals surface area contributed by atoms with Crippen LogP contribution >= 0.6 is 0 Å². The van der Waals surface area contributed by atoms with E-state index in [0.29, 0.717) is 17.7 Å². The molecular formula is C36H44N2O4Si. The van der Waals surface area contributed by atoms with Crippen LogP contribution in [0.5, 0.6) is 17.2 Å². The molecule has 0 spiro atoms. The van der Waals surface area contributed by atoms with Crippen LogP contribution in [0, 0.1) is 0 Å². The predicted molar refractivity (Wildman–Crippen MR) is 176 cm³/mol. The first-order valence-corrected chi connectivity index (χ1v) is 18.6. The summed E-state index contributed by atoms with van der Waals surface area (Å²) < 4.78 is 14.9. The van der Waals surface area contributed by atoms with Gasteiger partial charge >= 0.3 is 0 Å². The second-order valence-corrected chi connectivity index (χ2v) is 18.3. The number of hydrogen-bond donors (Lipinski definition) is 1. The van der Waals surface area contributed by atoms with Crippen molar-refractivity contribution in [3.05, 3.63) is 77.4 Å². The number of fused-ring (bicyclic) bond motifs is 5. The maximum Gasteiger partial charge on any atom is 0.250 e. The van der Waals surface area contributed by atoms with Crippen LogP contribution in [0.2, 0.25) is 18.1 Å². The fourth-order valence-electron chi connectivity index (χ4n) is 6.14. The largest absolute Gasteiger partial charge is 0.543 e. The van der Waals surface area contributed by atoms with E-state index in [1.807, 2.05) is 42.5 Å². The van der Waals surface area contributed by atoms with Crippen molar-refractivity contribution in [1.82, 2.24) is 9.47 Å². The first-order valence-electron chi connectivity index (χ1n) is 15.7. The molecule has 0 atom stereocenters. The third-order valence-electron chi connectivity index (χ3n) is 9.64. The molecule has 1 N–H and O–H groups in total. The van der Waals surface area contributed by atoms with Gasteiger partial charge in [0.25, 0.3) is 0 Å². The fraction of sp³-hybridized carbons (Fsp3) is 0.417. The lowest BCUT2D eigenvalue weighted by Gasteiger charge is -2.36. The van der Waals surface area contributed by atoms with Gasteiger partial charge in [-0.1, -0.05) is 33.3 Å². The Hall–Kier alpha value is -3.55. The van der Waals surface area contributed by atoms with E-state index in [9.17, 15) is 9.90 Å². The highest BCUT2D eigenvalue weighted by atomic mass is 28.4. The van der Waals surface area contributed by atoms with Crippen LogP contribution in [-0.2, 0) is 13.0 Å². The van der Waals surface area contributed by atoms with Gasteiger partial charge in [-0.3, -0.25) is 9.69 Å². The van der Waals surface area contributed by atoms with Gasteiger partial charge in [0, 0.05) is 35.7 Å². The van der Waals surface area contributed by atoms with Gasteiger partial charge < -0.3 is 18.8 Å². The number of aryl methyl sites for hydroxylation is 2. The van der Waals surface area contributed by atoms with Crippen molar-refractivity contribution in [1.29, 1.82) is 0 Å². The quantitative estimate of drug-likeness (QED) is 0.165. The second-order valence-electron chi connectivity index (χ2n) is 13.6. The van der Waals surface area contributed by atoms with Crippen LogP contribution in [0.3, 0.4) is 0 Å². The lowest BCUT2D eigenvalue weighted by atomic mass is 9.92. The van der Waals surface area contributed by atoms with Crippen LogP contribution in [0.15, 0.2) is 60.7 Å². The Morgan fingerprint density at radius 1 is 0.907 bits per heavy atom. The van der Waals surface area contributed by atoms with E-state index in [1.165, 1.54) is 19.3 Å². The van der Waals surface area contributed by atoms with Crippen LogP contribution in [0.1, 0.15) is 61.5 Å². The maximum absolute atomic E-state index is 14.3. The Kier molecular flexibility index (Phi) is 7.90. The molecule has 1 saturated heterocycles. The molecule has 4 aromatic rings. The van der Waals surface area contributed by atoms with Gasteiger partial charge in [-0.25, -0.2) is 0 Å². The Morgan fingerprint density at radius 2 is 1.63 bits per heavy atom. The summed E-state index contributed by atoms with van der Waals surface area (Å²) in [7, 11) is -2.05. The number of benzene rings is 3. The minimum absolute atomic E-state index is 0.0344. The van der Waals surface area contributed by atoms with Gasteiger partial charge in [0.2, 0.25) is 8.32 Å². The molecule has 6 nitrogen and oxygen atoms in total. The van der Waals surface area contributed by atoms with E-state index < -0.39 is 8.32 Å². The number of aromatic hydroxyl groups is 1. The van der Waals surface area contributed by atoms with Crippen LogP contribution in [-0.4, -0.2) is 54.9 Å². The summed E-state index contributed by atoms with van der Waals surface area (Å²) in [6.07, 6.45) is 4.69. The molecule has 3 aromatic carbocycles. The Labute approximate surface area is 256 Å². The molecular weight excluding hydrogens is 552 g/mol. The number of aromatic nitrogens is 1. The summed E-state index contributed by atoms with van der Waals surface area (Å²) in [5, 5.41) is 11.4. The van der Waals surface area contributed by atoms with Gasteiger partial charge in [0.1, 0.15) is 23.9 Å². The van der Waals surface area contributed by atoms with Crippen LogP contribution < -0.4 is 9.16 Å². The fourth-order valence-corrected chi connectivity index (χ4v) is 7.16. The lowest BCUT2D eigenvalue weighted by Crippen LogP contribution is -2.43. The maximum atomic E-state index is 14.3. The molecule has 2 aliphatic heterocycles. The summed E-state index contributed by atoms with van der Waals surface area (Å²) in [5.74, 6) is 1.78. The minimum Gasteiger partial charge on any atom is -0.543 e. The highest BCUT2D eigenvalue weighted by molar-refractivity contribution is 6.74. The standard InChI is InChI=1S/C36H44N2O4Si/c1-36(2,3)43(4,5)42-29-15-16-30-32(24-29)38-20-17-25-9-12-27(39)23-31(25)34(38)33(30)35(40)26-10-13-28(14-11-26)41-22-21-37-18-7-6-8-19-37/h9-16,23-24,39H,6-8,17-22H2,1-5H3. The van der Waals surface area contributed by atoms with Crippen LogP contribution in [0.25, 0.3) is 22.2 Å². The number of ether oxygens (including phenoxy) is 1. The Balaban J connectivity index is 1.35. The van der Waals surface area contributed by atoms with Crippen molar-refractivity contribution in [3.63, 3.8) is 0 Å². The molecule has 7 heteroatoms.